The van der Waals surface area contributed by atoms with Gasteiger partial charge in [0, 0.05) is 23.2 Å². The molecule has 4 nitrogen and oxygen atoms in total. The maximum atomic E-state index is 9.01. The van der Waals surface area contributed by atoms with E-state index in [1.165, 1.54) is 0 Å². The smallest absolute Gasteiger partial charge is 0.156 e. The molecular formula is C13H9N3O. The van der Waals surface area contributed by atoms with Gasteiger partial charge in [-0.2, -0.15) is 5.26 Å². The van der Waals surface area contributed by atoms with Gasteiger partial charge in [0.05, 0.1) is 24.4 Å². The maximum absolute atomic E-state index is 9.01. The molecule has 0 radical (unpaired) electrons. The van der Waals surface area contributed by atoms with Gasteiger partial charge in [0.1, 0.15) is 0 Å². The zero-order valence-corrected chi connectivity index (χ0v) is 9.00. The minimum Gasteiger partial charge on any atom is -0.359 e. The van der Waals surface area contributed by atoms with Crippen molar-refractivity contribution in [2.45, 2.75) is 6.54 Å². The van der Waals surface area contributed by atoms with Crippen molar-refractivity contribution in [3.05, 3.63) is 54.0 Å². The van der Waals surface area contributed by atoms with Gasteiger partial charge in [0.25, 0.3) is 0 Å². The van der Waals surface area contributed by atoms with Gasteiger partial charge in [-0.05, 0) is 18.2 Å². The van der Waals surface area contributed by atoms with Crippen molar-refractivity contribution in [1.29, 1.82) is 5.26 Å². The standard InChI is InChI=1S/C13H9N3O/c14-8-10-2-1-3-13-12(10)5-7-16(13)9-11-4-6-15-17-11/h1-7H,9H2. The van der Waals surface area contributed by atoms with Crippen LogP contribution in [0.25, 0.3) is 10.9 Å². The van der Waals surface area contributed by atoms with Gasteiger partial charge < -0.3 is 9.09 Å². The summed E-state index contributed by atoms with van der Waals surface area (Å²) in [6.45, 7) is 0.623. The van der Waals surface area contributed by atoms with Crippen molar-refractivity contribution in [2.24, 2.45) is 0 Å². The molecule has 0 fully saturated rings. The molecule has 0 N–H and O–H groups in total. The third kappa shape index (κ3) is 1.58. The summed E-state index contributed by atoms with van der Waals surface area (Å²) in [6, 6.07) is 11.7. The third-order valence-corrected chi connectivity index (χ3v) is 2.75. The van der Waals surface area contributed by atoms with Crippen LogP contribution in [0.1, 0.15) is 11.3 Å². The van der Waals surface area contributed by atoms with Gasteiger partial charge >= 0.3 is 0 Å². The van der Waals surface area contributed by atoms with Crippen molar-refractivity contribution in [2.75, 3.05) is 0 Å². The van der Waals surface area contributed by atoms with Crippen LogP contribution in [0.5, 0.6) is 0 Å². The molecule has 0 spiro atoms. The minimum absolute atomic E-state index is 0.623. The Kier molecular flexibility index (Phi) is 2.16. The van der Waals surface area contributed by atoms with E-state index in [9.17, 15) is 0 Å². The first-order valence-electron chi connectivity index (χ1n) is 5.26. The molecule has 2 aromatic heterocycles. The first-order chi connectivity index (χ1) is 8.38. The van der Waals surface area contributed by atoms with Gasteiger partial charge in [-0.15, -0.1) is 0 Å². The van der Waals surface area contributed by atoms with Crippen LogP contribution in [-0.2, 0) is 6.54 Å². The number of rotatable bonds is 2. The Morgan fingerprint density at radius 3 is 3.00 bits per heavy atom. The molecule has 0 unspecified atom stereocenters. The molecular weight excluding hydrogens is 214 g/mol. The monoisotopic (exact) mass is 223 g/mol. The molecule has 3 rings (SSSR count). The summed E-state index contributed by atoms with van der Waals surface area (Å²) in [6.07, 6.45) is 3.58. The summed E-state index contributed by atoms with van der Waals surface area (Å²) in [7, 11) is 0. The average molecular weight is 223 g/mol. The van der Waals surface area contributed by atoms with Crippen molar-refractivity contribution in [3.63, 3.8) is 0 Å². The highest BCUT2D eigenvalue weighted by atomic mass is 16.5. The number of nitrogens with zero attached hydrogens (tertiary/aromatic N) is 3. The Hall–Kier alpha value is -2.54. The van der Waals surface area contributed by atoms with Crippen molar-refractivity contribution in [3.8, 4) is 6.07 Å². The molecule has 2 heterocycles. The fourth-order valence-electron chi connectivity index (χ4n) is 1.95. The van der Waals surface area contributed by atoms with E-state index in [2.05, 4.69) is 11.2 Å². The molecule has 82 valence electrons. The number of benzene rings is 1. The van der Waals surface area contributed by atoms with Crippen LogP contribution < -0.4 is 0 Å². The Morgan fingerprint density at radius 1 is 1.29 bits per heavy atom. The fraction of sp³-hybridized carbons (Fsp3) is 0.0769. The second-order valence-electron chi connectivity index (χ2n) is 3.77. The Balaban J connectivity index is 2.10. The SMILES string of the molecule is N#Cc1cccc2c1ccn2Cc1ccno1. The zero-order chi connectivity index (χ0) is 11.7. The maximum Gasteiger partial charge on any atom is 0.156 e. The topological polar surface area (TPSA) is 54.8 Å². The lowest BCUT2D eigenvalue weighted by atomic mass is 10.1. The van der Waals surface area contributed by atoms with Crippen LogP contribution in [0.3, 0.4) is 0 Å². The van der Waals surface area contributed by atoms with Gasteiger partial charge in [0.15, 0.2) is 5.76 Å². The summed E-state index contributed by atoms with van der Waals surface area (Å²) in [5.41, 5.74) is 1.72. The molecule has 0 aliphatic carbocycles. The molecule has 17 heavy (non-hydrogen) atoms. The summed E-state index contributed by atoms with van der Waals surface area (Å²) in [4.78, 5) is 0. The largest absolute Gasteiger partial charge is 0.359 e. The molecule has 0 amide bonds. The lowest BCUT2D eigenvalue weighted by molar-refractivity contribution is 0.378. The predicted molar refractivity (Wildman–Crippen MR) is 62.3 cm³/mol. The van der Waals surface area contributed by atoms with E-state index >= 15 is 0 Å². The van der Waals surface area contributed by atoms with E-state index in [1.807, 2.05) is 41.1 Å². The summed E-state index contributed by atoms with van der Waals surface area (Å²) < 4.78 is 7.11. The molecule has 0 saturated heterocycles. The quantitative estimate of drug-likeness (QED) is 0.670. The molecule has 0 aliphatic heterocycles. The van der Waals surface area contributed by atoms with Crippen LogP contribution >= 0.6 is 0 Å². The van der Waals surface area contributed by atoms with Gasteiger partial charge in [-0.1, -0.05) is 11.2 Å². The summed E-state index contributed by atoms with van der Waals surface area (Å²) in [5, 5.41) is 13.7. The zero-order valence-electron chi connectivity index (χ0n) is 9.00. The summed E-state index contributed by atoms with van der Waals surface area (Å²) in [5.74, 6) is 0.796. The van der Waals surface area contributed by atoms with Crippen molar-refractivity contribution < 1.29 is 4.52 Å². The lowest BCUT2D eigenvalue weighted by Crippen LogP contribution is -1.96. The Labute approximate surface area is 97.7 Å². The van der Waals surface area contributed by atoms with Crippen molar-refractivity contribution in [1.82, 2.24) is 9.72 Å². The van der Waals surface area contributed by atoms with Crippen LogP contribution in [0.4, 0.5) is 0 Å². The average Bonchev–Trinajstić information content (AvgIpc) is 2.99. The highest BCUT2D eigenvalue weighted by Crippen LogP contribution is 2.20. The number of nitriles is 1. The van der Waals surface area contributed by atoms with E-state index in [0.29, 0.717) is 12.1 Å². The highest BCUT2D eigenvalue weighted by molar-refractivity contribution is 5.86. The summed E-state index contributed by atoms with van der Waals surface area (Å²) >= 11 is 0. The minimum atomic E-state index is 0.623. The van der Waals surface area contributed by atoms with Crippen LogP contribution in [0.15, 0.2) is 47.2 Å². The van der Waals surface area contributed by atoms with Gasteiger partial charge in [-0.25, -0.2) is 0 Å². The van der Waals surface area contributed by atoms with E-state index in [0.717, 1.165) is 16.7 Å². The van der Waals surface area contributed by atoms with Crippen LogP contribution in [0.2, 0.25) is 0 Å². The predicted octanol–water partition coefficient (Wildman–Crippen LogP) is 2.55. The molecule has 0 aliphatic rings. The highest BCUT2D eigenvalue weighted by Gasteiger charge is 2.06. The molecule has 0 bridgehead atoms. The first kappa shape index (κ1) is 9.67. The number of aromatic nitrogens is 2. The van der Waals surface area contributed by atoms with Crippen molar-refractivity contribution >= 4 is 10.9 Å². The second-order valence-corrected chi connectivity index (χ2v) is 3.77. The van der Waals surface area contributed by atoms with Crippen LogP contribution in [-0.4, -0.2) is 9.72 Å². The molecule has 3 aromatic rings. The van der Waals surface area contributed by atoms with Crippen LogP contribution in [0, 0.1) is 11.3 Å². The van der Waals surface area contributed by atoms with Gasteiger partial charge in [0.2, 0.25) is 0 Å². The van der Waals surface area contributed by atoms with E-state index in [1.54, 1.807) is 6.20 Å². The normalized spacial score (nSPS) is 10.5. The number of hydrogen-bond acceptors (Lipinski definition) is 3. The number of hydrogen-bond donors (Lipinski definition) is 0. The molecule has 1 aromatic carbocycles. The number of fused-ring (bicyclic) bond motifs is 1. The molecule has 0 saturated carbocycles. The van der Waals surface area contributed by atoms with E-state index < -0.39 is 0 Å². The first-order valence-corrected chi connectivity index (χ1v) is 5.26. The van der Waals surface area contributed by atoms with E-state index in [4.69, 9.17) is 9.78 Å². The Bertz CT molecular complexity index is 689. The molecule has 4 heteroatoms. The molecule has 0 atom stereocenters. The fourth-order valence-corrected chi connectivity index (χ4v) is 1.95. The third-order valence-electron chi connectivity index (χ3n) is 2.75. The Morgan fingerprint density at radius 2 is 2.24 bits per heavy atom. The van der Waals surface area contributed by atoms with E-state index in [-0.39, 0.29) is 0 Å². The second kappa shape index (κ2) is 3.80. The lowest BCUT2D eigenvalue weighted by Gasteiger charge is -2.02. The van der Waals surface area contributed by atoms with Gasteiger partial charge in [-0.3, -0.25) is 0 Å².